The number of rotatable bonds is 12. The van der Waals surface area contributed by atoms with E-state index in [9.17, 15) is 18.3 Å². The van der Waals surface area contributed by atoms with Gasteiger partial charge in [-0.3, -0.25) is 0 Å². The van der Waals surface area contributed by atoms with Crippen molar-refractivity contribution in [2.24, 2.45) is 5.92 Å². The molecule has 1 aliphatic rings. The van der Waals surface area contributed by atoms with Crippen LogP contribution in [0.15, 0.2) is 36.7 Å². The van der Waals surface area contributed by atoms with Crippen LogP contribution < -0.4 is 5.32 Å². The summed E-state index contributed by atoms with van der Waals surface area (Å²) in [6, 6.07) is 7.37. The van der Waals surface area contributed by atoms with Crippen LogP contribution in [0.3, 0.4) is 0 Å². The molecule has 1 fully saturated rings. The summed E-state index contributed by atoms with van der Waals surface area (Å²) in [5.74, 6) is 0.722. The second-order valence-electron chi connectivity index (χ2n) is 9.27. The van der Waals surface area contributed by atoms with Crippen LogP contribution >= 0.6 is 0 Å². The monoisotopic (exact) mass is 504 g/mol. The normalized spacial score (nSPS) is 16.2. The molecule has 10 heteroatoms. The van der Waals surface area contributed by atoms with Crippen LogP contribution in [0.25, 0.3) is 0 Å². The molecule has 0 spiro atoms. The first-order chi connectivity index (χ1) is 16.7. The third kappa shape index (κ3) is 8.87. The number of hydrogen-bond acceptors (Lipinski definition) is 6. The topological polar surface area (TPSA) is 122 Å². The predicted molar refractivity (Wildman–Crippen MR) is 134 cm³/mol. The van der Waals surface area contributed by atoms with Gasteiger partial charge in [0.25, 0.3) is 0 Å². The fourth-order valence-electron chi connectivity index (χ4n) is 4.34. The first-order valence-electron chi connectivity index (χ1n) is 12.1. The standard InChI is InChI=1S/C25H36N4O5S/c1-19-7-8-20(2)22(15-19)17-34-16-21-9-13-29(14-10-21)35(32,33)18-23(28-25(30)31)5-3-6-24-26-11-4-12-27-24/h4,7-8,11-12,15,21,23,28H,3,5-6,9-10,13-14,16-18H2,1-2H3,(H,30,31)/t23-/m1/s1. The second kappa shape index (κ2) is 12.9. The fourth-order valence-corrected chi connectivity index (χ4v) is 6.08. The van der Waals surface area contributed by atoms with Crippen LogP contribution in [0.5, 0.6) is 0 Å². The van der Waals surface area contributed by atoms with Gasteiger partial charge in [-0.1, -0.05) is 23.8 Å². The third-order valence-electron chi connectivity index (χ3n) is 6.39. The summed E-state index contributed by atoms with van der Waals surface area (Å²) in [6.07, 6.45) is 5.09. The highest BCUT2D eigenvalue weighted by atomic mass is 32.2. The molecule has 35 heavy (non-hydrogen) atoms. The first-order valence-corrected chi connectivity index (χ1v) is 13.7. The van der Waals surface area contributed by atoms with E-state index in [0.29, 0.717) is 57.3 Å². The number of sulfonamides is 1. The molecule has 1 amide bonds. The summed E-state index contributed by atoms with van der Waals surface area (Å²) in [7, 11) is -3.59. The van der Waals surface area contributed by atoms with Gasteiger partial charge in [-0.25, -0.2) is 27.5 Å². The molecule has 0 unspecified atom stereocenters. The molecule has 1 aromatic carbocycles. The van der Waals surface area contributed by atoms with Crippen LogP contribution in [0.4, 0.5) is 4.79 Å². The van der Waals surface area contributed by atoms with Crippen molar-refractivity contribution >= 4 is 16.1 Å². The zero-order valence-corrected chi connectivity index (χ0v) is 21.3. The maximum absolute atomic E-state index is 13.0. The van der Waals surface area contributed by atoms with Gasteiger partial charge in [-0.05, 0) is 62.6 Å². The van der Waals surface area contributed by atoms with E-state index in [1.54, 1.807) is 18.5 Å². The van der Waals surface area contributed by atoms with E-state index in [2.05, 4.69) is 47.3 Å². The highest BCUT2D eigenvalue weighted by molar-refractivity contribution is 7.89. The Kier molecular flexibility index (Phi) is 10.00. The fraction of sp³-hybridized carbons (Fsp3) is 0.560. The largest absolute Gasteiger partial charge is 0.465 e. The van der Waals surface area contributed by atoms with Gasteiger partial charge in [0.15, 0.2) is 0 Å². The number of nitrogens with zero attached hydrogens (tertiary/aromatic N) is 3. The Morgan fingerprint density at radius 1 is 1.23 bits per heavy atom. The van der Waals surface area contributed by atoms with E-state index < -0.39 is 22.2 Å². The molecular weight excluding hydrogens is 468 g/mol. The van der Waals surface area contributed by atoms with E-state index in [-0.39, 0.29) is 5.75 Å². The van der Waals surface area contributed by atoms with Gasteiger partial charge < -0.3 is 15.2 Å². The average Bonchev–Trinajstić information content (AvgIpc) is 2.82. The van der Waals surface area contributed by atoms with Crippen molar-refractivity contribution in [3.05, 3.63) is 59.2 Å². The molecule has 1 aromatic heterocycles. The zero-order chi connectivity index (χ0) is 25.3. The number of aryl methyl sites for hydroxylation is 3. The quantitative estimate of drug-likeness (QED) is 0.455. The lowest BCUT2D eigenvalue weighted by atomic mass is 9.99. The molecule has 0 aliphatic carbocycles. The molecule has 2 aromatic rings. The smallest absolute Gasteiger partial charge is 0.404 e. The van der Waals surface area contributed by atoms with Crippen molar-refractivity contribution < 1.29 is 23.1 Å². The molecule has 1 aliphatic heterocycles. The van der Waals surface area contributed by atoms with Crippen LogP contribution in [-0.2, 0) is 27.8 Å². The number of carboxylic acid groups (broad SMARTS) is 1. The molecule has 0 saturated carbocycles. The van der Waals surface area contributed by atoms with Gasteiger partial charge in [-0.15, -0.1) is 0 Å². The van der Waals surface area contributed by atoms with Gasteiger partial charge in [-0.2, -0.15) is 0 Å². The van der Waals surface area contributed by atoms with Gasteiger partial charge >= 0.3 is 6.09 Å². The number of amides is 1. The van der Waals surface area contributed by atoms with Gasteiger partial charge in [0.1, 0.15) is 5.82 Å². The summed E-state index contributed by atoms with van der Waals surface area (Å²) in [5, 5.41) is 11.6. The molecular formula is C25H36N4O5S. The Labute approximate surface area is 208 Å². The molecule has 0 bridgehead atoms. The number of ether oxygens (including phenoxy) is 1. The average molecular weight is 505 g/mol. The number of hydrogen-bond donors (Lipinski definition) is 2. The Hall–Kier alpha value is -2.56. The molecule has 3 rings (SSSR count). The zero-order valence-electron chi connectivity index (χ0n) is 20.5. The third-order valence-corrected chi connectivity index (χ3v) is 8.37. The van der Waals surface area contributed by atoms with Gasteiger partial charge in [0, 0.05) is 44.6 Å². The lowest BCUT2D eigenvalue weighted by molar-refractivity contribution is 0.0685. The highest BCUT2D eigenvalue weighted by Crippen LogP contribution is 2.22. The summed E-state index contributed by atoms with van der Waals surface area (Å²) in [4.78, 5) is 19.5. The van der Waals surface area contributed by atoms with E-state index in [1.807, 2.05) is 0 Å². The Bertz CT molecular complexity index is 1060. The number of carbonyl (C=O) groups is 1. The van der Waals surface area contributed by atoms with E-state index in [4.69, 9.17) is 4.74 Å². The number of aromatic nitrogens is 2. The number of piperidine rings is 1. The maximum atomic E-state index is 13.0. The van der Waals surface area contributed by atoms with Crippen LogP contribution in [0.1, 0.15) is 48.2 Å². The van der Waals surface area contributed by atoms with Gasteiger partial charge in [0.2, 0.25) is 10.0 Å². The minimum Gasteiger partial charge on any atom is -0.465 e. The molecule has 1 atom stereocenters. The Balaban J connectivity index is 1.44. The van der Waals surface area contributed by atoms with E-state index in [0.717, 1.165) is 12.8 Å². The minimum absolute atomic E-state index is 0.247. The predicted octanol–water partition coefficient (Wildman–Crippen LogP) is 3.31. The minimum atomic E-state index is -3.59. The van der Waals surface area contributed by atoms with Crippen LogP contribution in [0.2, 0.25) is 0 Å². The number of benzene rings is 1. The van der Waals surface area contributed by atoms with Crippen molar-refractivity contribution in [3.63, 3.8) is 0 Å². The summed E-state index contributed by atoms with van der Waals surface area (Å²) in [6.45, 7) is 6.15. The Morgan fingerprint density at radius 2 is 1.94 bits per heavy atom. The van der Waals surface area contributed by atoms with Crippen molar-refractivity contribution in [2.75, 3.05) is 25.4 Å². The molecule has 9 nitrogen and oxygen atoms in total. The summed E-state index contributed by atoms with van der Waals surface area (Å²) < 4.78 is 33.5. The molecule has 2 heterocycles. The van der Waals surface area contributed by atoms with Crippen LogP contribution in [-0.4, -0.2) is 65.4 Å². The summed E-state index contributed by atoms with van der Waals surface area (Å²) in [5.41, 5.74) is 3.59. The van der Waals surface area contributed by atoms with Crippen molar-refractivity contribution in [1.82, 2.24) is 19.6 Å². The lowest BCUT2D eigenvalue weighted by Gasteiger charge is -2.32. The first kappa shape index (κ1) is 27.0. The molecule has 2 N–H and O–H groups in total. The second-order valence-corrected chi connectivity index (χ2v) is 11.3. The molecule has 1 saturated heterocycles. The SMILES string of the molecule is Cc1ccc(C)c(COCC2CCN(S(=O)(=O)C[C@@H](CCCc3ncccn3)NC(=O)O)CC2)c1. The molecule has 192 valence electrons. The highest BCUT2D eigenvalue weighted by Gasteiger charge is 2.31. The van der Waals surface area contributed by atoms with Crippen molar-refractivity contribution in [2.45, 2.75) is 58.6 Å². The maximum Gasteiger partial charge on any atom is 0.404 e. The number of nitrogens with one attached hydrogen (secondary N) is 1. The van der Waals surface area contributed by atoms with E-state index in [1.165, 1.54) is 21.0 Å². The van der Waals surface area contributed by atoms with Crippen LogP contribution in [0, 0.1) is 19.8 Å². The lowest BCUT2D eigenvalue weighted by Crippen LogP contribution is -2.46. The van der Waals surface area contributed by atoms with Crippen molar-refractivity contribution in [3.8, 4) is 0 Å². The van der Waals surface area contributed by atoms with Gasteiger partial charge in [0.05, 0.1) is 12.4 Å². The summed E-state index contributed by atoms with van der Waals surface area (Å²) >= 11 is 0. The van der Waals surface area contributed by atoms with E-state index >= 15 is 0 Å². The Morgan fingerprint density at radius 3 is 2.63 bits per heavy atom. The van der Waals surface area contributed by atoms with Crippen molar-refractivity contribution in [1.29, 1.82) is 0 Å². The molecule has 0 radical (unpaired) electrons.